The number of ether oxygens (including phenoxy) is 1. The van der Waals surface area contributed by atoms with Crippen molar-refractivity contribution in [3.63, 3.8) is 0 Å². The number of allylic oxidation sites excluding steroid dienone is 1. The molecule has 0 aliphatic rings. The van der Waals surface area contributed by atoms with Crippen molar-refractivity contribution in [2.45, 2.75) is 25.9 Å². The Morgan fingerprint density at radius 2 is 1.65 bits per heavy atom. The van der Waals surface area contributed by atoms with E-state index in [0.29, 0.717) is 29.4 Å². The van der Waals surface area contributed by atoms with Crippen LogP contribution in [0.25, 0.3) is 10.8 Å². The van der Waals surface area contributed by atoms with Gasteiger partial charge in [0.1, 0.15) is 11.9 Å². The molecule has 0 aliphatic heterocycles. The van der Waals surface area contributed by atoms with Crippen LogP contribution in [0.4, 0.5) is 4.79 Å². The Morgan fingerprint density at radius 1 is 0.971 bits per heavy atom. The largest absolute Gasteiger partial charge is 0.507 e. The van der Waals surface area contributed by atoms with Crippen molar-refractivity contribution in [3.8, 4) is 5.75 Å². The van der Waals surface area contributed by atoms with Crippen LogP contribution in [0.5, 0.6) is 5.75 Å². The summed E-state index contributed by atoms with van der Waals surface area (Å²) in [5.41, 5.74) is 2.53. The summed E-state index contributed by atoms with van der Waals surface area (Å²) in [6, 6.07) is 18.8. The number of phenols is 1. The van der Waals surface area contributed by atoms with E-state index < -0.39 is 24.0 Å². The highest BCUT2D eigenvalue weighted by molar-refractivity contribution is 6.03. The third kappa shape index (κ3) is 6.20. The molecular weight excluding hydrogens is 436 g/mol. The molecule has 0 saturated carbocycles. The lowest BCUT2D eigenvalue weighted by atomic mass is 9.89. The molecule has 176 valence electrons. The van der Waals surface area contributed by atoms with E-state index in [4.69, 9.17) is 9.94 Å². The summed E-state index contributed by atoms with van der Waals surface area (Å²) >= 11 is 0. The summed E-state index contributed by atoms with van der Waals surface area (Å²) in [4.78, 5) is 36.2. The number of alkyl carbamates (subject to hydrolysis) is 1. The van der Waals surface area contributed by atoms with Gasteiger partial charge in [0.05, 0.1) is 0 Å². The topological polar surface area (TPSA) is 125 Å². The van der Waals surface area contributed by atoms with Crippen LogP contribution in [0.1, 0.15) is 41.8 Å². The molecule has 3 aromatic carbocycles. The fourth-order valence-corrected chi connectivity index (χ4v) is 3.68. The van der Waals surface area contributed by atoms with Gasteiger partial charge in [0, 0.05) is 22.6 Å². The van der Waals surface area contributed by atoms with Gasteiger partial charge in [-0.25, -0.2) is 10.3 Å². The number of carbonyl (C=O) groups excluding carboxylic acids is 3. The first-order chi connectivity index (χ1) is 16.4. The van der Waals surface area contributed by atoms with Crippen molar-refractivity contribution in [2.24, 2.45) is 5.92 Å². The average Bonchev–Trinajstić information content (AvgIpc) is 2.86. The highest BCUT2D eigenvalue weighted by Crippen LogP contribution is 2.37. The Labute approximate surface area is 196 Å². The molecule has 3 rings (SSSR count). The number of benzene rings is 3. The number of hydrogen-bond acceptors (Lipinski definition) is 6. The molecule has 0 aliphatic carbocycles. The number of nitrogens with one attached hydrogen (secondary N) is 2. The summed E-state index contributed by atoms with van der Waals surface area (Å²) in [7, 11) is 0. The van der Waals surface area contributed by atoms with Crippen LogP contribution in [0.3, 0.4) is 0 Å². The Kier molecular flexibility index (Phi) is 8.37. The normalized spacial score (nSPS) is 12.8. The molecule has 3 aromatic rings. The van der Waals surface area contributed by atoms with E-state index >= 15 is 0 Å². The van der Waals surface area contributed by atoms with E-state index in [-0.39, 0.29) is 11.7 Å². The van der Waals surface area contributed by atoms with Gasteiger partial charge in [-0.3, -0.25) is 20.1 Å². The van der Waals surface area contributed by atoms with E-state index in [1.807, 2.05) is 19.1 Å². The Bertz CT molecular complexity index is 1190. The van der Waals surface area contributed by atoms with Gasteiger partial charge in [-0.15, -0.1) is 0 Å². The number of rotatable bonds is 8. The maximum atomic E-state index is 12.7. The fourth-order valence-electron chi connectivity index (χ4n) is 3.68. The maximum absolute atomic E-state index is 12.7. The molecule has 34 heavy (non-hydrogen) atoms. The van der Waals surface area contributed by atoms with Gasteiger partial charge in [0.15, 0.2) is 0 Å². The van der Waals surface area contributed by atoms with Gasteiger partial charge in [-0.05, 0) is 42.3 Å². The molecule has 0 spiro atoms. The smallest absolute Gasteiger partial charge is 0.414 e. The first kappa shape index (κ1) is 24.5. The van der Waals surface area contributed by atoms with Crippen molar-refractivity contribution < 1.29 is 29.4 Å². The summed E-state index contributed by atoms with van der Waals surface area (Å²) in [6.07, 6.45) is 2.20. The Hall–Kier alpha value is -4.17. The molecule has 0 radical (unpaired) electrons. The Morgan fingerprint density at radius 3 is 2.35 bits per heavy atom. The van der Waals surface area contributed by atoms with Crippen LogP contribution in [0, 0.1) is 5.92 Å². The highest BCUT2D eigenvalue weighted by Gasteiger charge is 2.26. The predicted octanol–water partition coefficient (Wildman–Crippen LogP) is 4.63. The summed E-state index contributed by atoms with van der Waals surface area (Å²) in [6.45, 7) is 1.89. The molecule has 2 atom stereocenters. The van der Waals surface area contributed by atoms with Crippen molar-refractivity contribution >= 4 is 28.7 Å². The van der Waals surface area contributed by atoms with E-state index in [1.165, 1.54) is 11.6 Å². The number of carbonyl (C=O) groups is 3. The number of hydrogen-bond donors (Lipinski definition) is 4. The molecule has 0 bridgehead atoms. The van der Waals surface area contributed by atoms with Crippen LogP contribution in [0.15, 0.2) is 78.9 Å². The molecule has 3 amide bonds. The standard InChI is InChI=1S/C26H26N2O6/c1-17(9-5-8-14-23(30)28-33)24(21-15-16-22(29)20-13-7-6-12-19(20)21)34-26(32)27-25(31)18-10-3-2-4-11-18/h2-4,6-8,10-17,24,29,33H,5,9H2,1H3,(H,28,30)(H,27,31,32)/b14-8+/t17-,24+/m0/s1. The molecule has 8 heteroatoms. The average molecular weight is 463 g/mol. The molecule has 0 saturated heterocycles. The van der Waals surface area contributed by atoms with Crippen LogP contribution in [-0.2, 0) is 9.53 Å². The van der Waals surface area contributed by atoms with Crippen LogP contribution in [0.2, 0.25) is 0 Å². The molecule has 0 unspecified atom stereocenters. The zero-order valence-electron chi connectivity index (χ0n) is 18.6. The maximum Gasteiger partial charge on any atom is 0.414 e. The lowest BCUT2D eigenvalue weighted by molar-refractivity contribution is -0.124. The Balaban J connectivity index is 1.84. The molecule has 0 heterocycles. The minimum atomic E-state index is -0.891. The van der Waals surface area contributed by atoms with E-state index in [9.17, 15) is 19.5 Å². The van der Waals surface area contributed by atoms with Gasteiger partial charge < -0.3 is 9.84 Å². The number of phenolic OH excluding ortho intramolecular Hbond substituents is 1. The van der Waals surface area contributed by atoms with E-state index in [0.717, 1.165) is 5.39 Å². The second kappa shape index (κ2) is 11.6. The lowest BCUT2D eigenvalue weighted by Gasteiger charge is -2.26. The number of fused-ring (bicyclic) bond motifs is 1. The monoisotopic (exact) mass is 462 g/mol. The van der Waals surface area contributed by atoms with Crippen LogP contribution in [-0.4, -0.2) is 28.2 Å². The highest BCUT2D eigenvalue weighted by atomic mass is 16.6. The zero-order valence-corrected chi connectivity index (χ0v) is 18.6. The summed E-state index contributed by atoms with van der Waals surface area (Å²) in [5.74, 6) is -1.32. The zero-order chi connectivity index (χ0) is 24.5. The van der Waals surface area contributed by atoms with Gasteiger partial charge in [-0.2, -0.15) is 0 Å². The minimum Gasteiger partial charge on any atom is -0.507 e. The van der Waals surface area contributed by atoms with Crippen LogP contribution < -0.4 is 10.8 Å². The van der Waals surface area contributed by atoms with Crippen molar-refractivity contribution in [1.82, 2.24) is 10.8 Å². The van der Waals surface area contributed by atoms with Crippen molar-refractivity contribution in [3.05, 3.63) is 90.0 Å². The molecule has 0 fully saturated rings. The number of amides is 3. The third-order valence-corrected chi connectivity index (χ3v) is 5.41. The number of hydroxylamine groups is 1. The van der Waals surface area contributed by atoms with Gasteiger partial charge in [0.2, 0.25) is 0 Å². The van der Waals surface area contributed by atoms with Gasteiger partial charge in [-0.1, -0.05) is 61.5 Å². The van der Waals surface area contributed by atoms with E-state index in [2.05, 4.69) is 5.32 Å². The van der Waals surface area contributed by atoms with Crippen molar-refractivity contribution in [2.75, 3.05) is 0 Å². The SMILES string of the molecule is C[C@@H](CC/C=C/C(=O)NO)[C@@H](OC(=O)NC(=O)c1ccccc1)c1ccc(O)c2ccccc12. The van der Waals surface area contributed by atoms with E-state index in [1.54, 1.807) is 60.7 Å². The summed E-state index contributed by atoms with van der Waals surface area (Å²) in [5, 5.41) is 22.4. The third-order valence-electron chi connectivity index (χ3n) is 5.41. The molecule has 0 aromatic heterocycles. The predicted molar refractivity (Wildman–Crippen MR) is 126 cm³/mol. The second-order valence-electron chi connectivity index (χ2n) is 7.80. The van der Waals surface area contributed by atoms with Gasteiger partial charge >= 0.3 is 6.09 Å². The summed E-state index contributed by atoms with van der Waals surface area (Å²) < 4.78 is 5.74. The number of aromatic hydroxyl groups is 1. The molecular formula is C26H26N2O6. The minimum absolute atomic E-state index is 0.104. The molecule has 4 N–H and O–H groups in total. The second-order valence-corrected chi connectivity index (χ2v) is 7.80. The first-order valence-electron chi connectivity index (χ1n) is 10.8. The quantitative estimate of drug-likeness (QED) is 0.220. The molecule has 8 nitrogen and oxygen atoms in total. The van der Waals surface area contributed by atoms with Crippen LogP contribution >= 0.6 is 0 Å². The lowest BCUT2D eigenvalue weighted by Crippen LogP contribution is -2.33. The van der Waals surface area contributed by atoms with Crippen molar-refractivity contribution in [1.29, 1.82) is 0 Å². The number of imide groups is 1. The fraction of sp³-hybridized carbons (Fsp3) is 0.192. The van der Waals surface area contributed by atoms with Gasteiger partial charge in [0.25, 0.3) is 11.8 Å². The first-order valence-corrected chi connectivity index (χ1v) is 10.8.